The zero-order valence-electron chi connectivity index (χ0n) is 21.7. The highest BCUT2D eigenvalue weighted by atomic mass is 19.1. The number of rotatable bonds is 5. The van der Waals surface area contributed by atoms with Gasteiger partial charge in [0, 0.05) is 37.4 Å². The SMILES string of the molecule is CC(C)(C)c1ccc(Cn2nc(-c3ccccc3)cc2C(=O)N2CCN(c3ccc(F)cc3)CC2)cc1. The Morgan fingerprint density at radius 2 is 1.51 bits per heavy atom. The number of hydrogen-bond acceptors (Lipinski definition) is 3. The van der Waals surface area contributed by atoms with E-state index in [2.05, 4.69) is 49.9 Å². The van der Waals surface area contributed by atoms with Gasteiger partial charge in [0.2, 0.25) is 0 Å². The fraction of sp³-hybridized carbons (Fsp3) is 0.290. The van der Waals surface area contributed by atoms with E-state index >= 15 is 0 Å². The third-order valence-electron chi connectivity index (χ3n) is 6.98. The van der Waals surface area contributed by atoms with Crippen LogP contribution in [0.3, 0.4) is 0 Å². The van der Waals surface area contributed by atoms with Gasteiger partial charge in [-0.2, -0.15) is 5.10 Å². The van der Waals surface area contributed by atoms with Gasteiger partial charge in [-0.3, -0.25) is 9.48 Å². The Labute approximate surface area is 218 Å². The molecule has 0 aliphatic carbocycles. The molecule has 1 fully saturated rings. The number of benzene rings is 3. The number of aromatic nitrogens is 2. The lowest BCUT2D eigenvalue weighted by Crippen LogP contribution is -2.49. The predicted octanol–water partition coefficient (Wildman–Crippen LogP) is 6.00. The molecule has 1 aromatic heterocycles. The van der Waals surface area contributed by atoms with E-state index in [4.69, 9.17) is 5.10 Å². The smallest absolute Gasteiger partial charge is 0.272 e. The molecule has 4 aromatic rings. The maximum atomic E-state index is 13.7. The average molecular weight is 497 g/mol. The molecule has 5 nitrogen and oxygen atoms in total. The molecule has 190 valence electrons. The van der Waals surface area contributed by atoms with Gasteiger partial charge >= 0.3 is 0 Å². The normalized spacial score (nSPS) is 14.2. The lowest BCUT2D eigenvalue weighted by Gasteiger charge is -2.36. The van der Waals surface area contributed by atoms with Gasteiger partial charge in [-0.25, -0.2) is 4.39 Å². The molecule has 0 spiro atoms. The second kappa shape index (κ2) is 10.2. The van der Waals surface area contributed by atoms with E-state index in [1.807, 2.05) is 46.0 Å². The zero-order chi connectivity index (χ0) is 26.0. The maximum absolute atomic E-state index is 13.7. The molecule has 1 saturated heterocycles. The summed E-state index contributed by atoms with van der Waals surface area (Å²) in [6.07, 6.45) is 0. The molecule has 0 bridgehead atoms. The Hall–Kier alpha value is -3.93. The van der Waals surface area contributed by atoms with Crippen LogP contribution in [0.5, 0.6) is 0 Å². The van der Waals surface area contributed by atoms with Gasteiger partial charge in [0.15, 0.2) is 0 Å². The first-order valence-electron chi connectivity index (χ1n) is 12.8. The minimum atomic E-state index is -0.243. The van der Waals surface area contributed by atoms with Crippen molar-refractivity contribution in [2.45, 2.75) is 32.7 Å². The summed E-state index contributed by atoms with van der Waals surface area (Å²) in [5.41, 5.74) is 5.81. The molecule has 5 rings (SSSR count). The topological polar surface area (TPSA) is 41.4 Å². The molecule has 6 heteroatoms. The third-order valence-corrected chi connectivity index (χ3v) is 6.98. The molecule has 1 aliphatic rings. The first-order chi connectivity index (χ1) is 17.8. The fourth-order valence-corrected chi connectivity index (χ4v) is 4.72. The molecule has 0 unspecified atom stereocenters. The second-order valence-electron chi connectivity index (χ2n) is 10.6. The molecule has 0 N–H and O–H groups in total. The van der Waals surface area contributed by atoms with E-state index in [-0.39, 0.29) is 17.1 Å². The minimum Gasteiger partial charge on any atom is -0.368 e. The van der Waals surface area contributed by atoms with Crippen LogP contribution in [0.2, 0.25) is 0 Å². The van der Waals surface area contributed by atoms with E-state index in [0.29, 0.717) is 38.4 Å². The van der Waals surface area contributed by atoms with Crippen LogP contribution in [0.4, 0.5) is 10.1 Å². The highest BCUT2D eigenvalue weighted by Gasteiger charge is 2.26. The van der Waals surface area contributed by atoms with Gasteiger partial charge in [0.25, 0.3) is 5.91 Å². The number of piperazine rings is 1. The minimum absolute atomic E-state index is 0.0141. The summed E-state index contributed by atoms with van der Waals surface area (Å²) >= 11 is 0. The Morgan fingerprint density at radius 1 is 0.865 bits per heavy atom. The lowest BCUT2D eigenvalue weighted by molar-refractivity contribution is 0.0734. The molecule has 1 aliphatic heterocycles. The maximum Gasteiger partial charge on any atom is 0.272 e. The number of carbonyl (C=O) groups is 1. The quantitative estimate of drug-likeness (QED) is 0.340. The van der Waals surface area contributed by atoms with Crippen molar-refractivity contribution in [3.63, 3.8) is 0 Å². The van der Waals surface area contributed by atoms with Gasteiger partial charge in [-0.1, -0.05) is 75.4 Å². The zero-order valence-corrected chi connectivity index (χ0v) is 21.7. The molecule has 0 saturated carbocycles. The first-order valence-corrected chi connectivity index (χ1v) is 12.8. The molecule has 1 amide bonds. The fourth-order valence-electron chi connectivity index (χ4n) is 4.72. The number of amides is 1. The van der Waals surface area contributed by atoms with Gasteiger partial charge in [0.05, 0.1) is 12.2 Å². The summed E-state index contributed by atoms with van der Waals surface area (Å²) < 4.78 is 15.2. The predicted molar refractivity (Wildman–Crippen MR) is 146 cm³/mol. The van der Waals surface area contributed by atoms with Crippen molar-refractivity contribution < 1.29 is 9.18 Å². The van der Waals surface area contributed by atoms with E-state index in [1.165, 1.54) is 17.7 Å². The van der Waals surface area contributed by atoms with Crippen LogP contribution in [-0.4, -0.2) is 46.8 Å². The molecule has 3 aromatic carbocycles. The van der Waals surface area contributed by atoms with E-state index < -0.39 is 0 Å². The van der Waals surface area contributed by atoms with E-state index in [9.17, 15) is 9.18 Å². The molecular formula is C31H33FN4O. The van der Waals surface area contributed by atoms with Crippen LogP contribution in [0.15, 0.2) is 84.9 Å². The number of hydrogen-bond donors (Lipinski definition) is 0. The lowest BCUT2D eigenvalue weighted by atomic mass is 9.87. The first kappa shape index (κ1) is 24.8. The van der Waals surface area contributed by atoms with Crippen molar-refractivity contribution in [2.24, 2.45) is 0 Å². The largest absolute Gasteiger partial charge is 0.368 e. The summed E-state index contributed by atoms with van der Waals surface area (Å²) in [6, 6.07) is 27.0. The highest BCUT2D eigenvalue weighted by Crippen LogP contribution is 2.25. The number of anilines is 1. The van der Waals surface area contributed by atoms with Crippen LogP contribution >= 0.6 is 0 Å². The van der Waals surface area contributed by atoms with E-state index in [0.717, 1.165) is 22.5 Å². The summed E-state index contributed by atoms with van der Waals surface area (Å²) in [5.74, 6) is -0.257. The Morgan fingerprint density at radius 3 is 2.14 bits per heavy atom. The number of carbonyl (C=O) groups excluding carboxylic acids is 1. The second-order valence-corrected chi connectivity index (χ2v) is 10.6. The summed E-state index contributed by atoms with van der Waals surface area (Å²) in [6.45, 7) is 9.73. The summed E-state index contributed by atoms with van der Waals surface area (Å²) in [7, 11) is 0. The Bertz CT molecular complexity index is 1350. The van der Waals surface area contributed by atoms with Gasteiger partial charge in [-0.15, -0.1) is 0 Å². The van der Waals surface area contributed by atoms with Crippen molar-refractivity contribution in [3.05, 3.63) is 108 Å². The molecule has 0 atom stereocenters. The molecule has 2 heterocycles. The van der Waals surface area contributed by atoms with Crippen LogP contribution in [-0.2, 0) is 12.0 Å². The van der Waals surface area contributed by atoms with E-state index in [1.54, 1.807) is 12.1 Å². The Kier molecular flexibility index (Phi) is 6.83. The van der Waals surface area contributed by atoms with Crippen molar-refractivity contribution >= 4 is 11.6 Å². The summed E-state index contributed by atoms with van der Waals surface area (Å²) in [4.78, 5) is 17.8. The van der Waals surface area contributed by atoms with Crippen molar-refractivity contribution in [1.82, 2.24) is 14.7 Å². The average Bonchev–Trinajstić information content (AvgIpc) is 3.33. The van der Waals surface area contributed by atoms with Gasteiger partial charge < -0.3 is 9.80 Å². The van der Waals surface area contributed by atoms with Gasteiger partial charge in [0.1, 0.15) is 11.5 Å². The molecule has 0 radical (unpaired) electrons. The standard InChI is InChI=1S/C31H33FN4O/c1-31(2,3)25-11-9-23(10-12-25)22-36-29(21-28(33-36)24-7-5-4-6-8-24)30(37)35-19-17-34(18-20-35)27-15-13-26(32)14-16-27/h4-16,21H,17-20,22H2,1-3H3. The monoisotopic (exact) mass is 496 g/mol. The molecular weight excluding hydrogens is 463 g/mol. The van der Waals surface area contributed by atoms with Crippen LogP contribution in [0, 0.1) is 5.82 Å². The molecule has 37 heavy (non-hydrogen) atoms. The summed E-state index contributed by atoms with van der Waals surface area (Å²) in [5, 5.41) is 4.86. The van der Waals surface area contributed by atoms with Crippen molar-refractivity contribution in [1.29, 1.82) is 0 Å². The van der Waals surface area contributed by atoms with Crippen molar-refractivity contribution in [2.75, 3.05) is 31.1 Å². The van der Waals surface area contributed by atoms with Gasteiger partial charge in [-0.05, 0) is 46.9 Å². The van der Waals surface area contributed by atoms with Crippen molar-refractivity contribution in [3.8, 4) is 11.3 Å². The number of nitrogens with zero attached hydrogens (tertiary/aromatic N) is 4. The van der Waals surface area contributed by atoms with Crippen LogP contribution in [0.1, 0.15) is 42.4 Å². The third kappa shape index (κ3) is 5.58. The highest BCUT2D eigenvalue weighted by molar-refractivity contribution is 5.94. The number of halogens is 1. The van der Waals surface area contributed by atoms with Crippen LogP contribution in [0.25, 0.3) is 11.3 Å². The Balaban J connectivity index is 1.38. The van der Waals surface area contributed by atoms with Crippen LogP contribution < -0.4 is 4.90 Å².